The molecule has 2 N–H and O–H groups in total. The molecule has 1 amide bonds. The number of carbonyl (C=O) groups is 2. The Hall–Kier alpha value is -1.72. The van der Waals surface area contributed by atoms with Gasteiger partial charge in [-0.25, -0.2) is 4.79 Å². The molecule has 0 bridgehead atoms. The number of esters is 1. The van der Waals surface area contributed by atoms with E-state index in [4.69, 9.17) is 4.74 Å². The van der Waals surface area contributed by atoms with Crippen LogP contribution in [0.4, 0.5) is 4.79 Å². The number of amides is 1. The van der Waals surface area contributed by atoms with E-state index in [2.05, 4.69) is 15.4 Å². The number of allylic oxidation sites excluding steroid dienone is 1. The first-order chi connectivity index (χ1) is 9.60. The van der Waals surface area contributed by atoms with Crippen molar-refractivity contribution in [3.05, 3.63) is 11.8 Å². The Morgan fingerprint density at radius 1 is 1.24 bits per heavy atom. The third-order valence-electron chi connectivity index (χ3n) is 2.65. The molecule has 0 aromatic rings. The molecular weight excluding hydrogens is 272 g/mol. The predicted octanol–water partition coefficient (Wildman–Crippen LogP) is 2.20. The van der Waals surface area contributed by atoms with Crippen molar-refractivity contribution in [3.8, 4) is 0 Å². The highest BCUT2D eigenvalue weighted by atomic mass is 16.6. The zero-order valence-electron chi connectivity index (χ0n) is 14.1. The van der Waals surface area contributed by atoms with E-state index < -0.39 is 11.7 Å². The lowest BCUT2D eigenvalue weighted by molar-refractivity contribution is -0.139. The number of hydrogen-bond donors (Lipinski definition) is 2. The standard InChI is InChI=1S/C15H28N2O4/c1-8-11(16-9-12(18)20-7)13(10(2)3)17-14(19)21-15(4,5)6/h8,10,13,16H,9H2,1-7H3,(H,17,19)/t13-/m0/s1. The van der Waals surface area contributed by atoms with Gasteiger partial charge in [-0.05, 0) is 33.6 Å². The molecule has 0 fully saturated rings. The van der Waals surface area contributed by atoms with Crippen molar-refractivity contribution in [1.29, 1.82) is 0 Å². The SMILES string of the molecule is CC=C(NCC(=O)OC)[C@@H](NC(=O)OC(C)(C)C)C(C)C. The van der Waals surface area contributed by atoms with Crippen LogP contribution in [0.1, 0.15) is 41.5 Å². The Balaban J connectivity index is 4.79. The first-order valence-corrected chi connectivity index (χ1v) is 7.07. The Morgan fingerprint density at radius 3 is 2.19 bits per heavy atom. The van der Waals surface area contributed by atoms with Crippen LogP contribution in [0.15, 0.2) is 11.8 Å². The van der Waals surface area contributed by atoms with Crippen molar-refractivity contribution >= 4 is 12.1 Å². The third-order valence-corrected chi connectivity index (χ3v) is 2.65. The van der Waals surface area contributed by atoms with Gasteiger partial charge < -0.3 is 20.1 Å². The van der Waals surface area contributed by atoms with Crippen molar-refractivity contribution < 1.29 is 19.1 Å². The molecule has 6 nitrogen and oxygen atoms in total. The second-order valence-electron chi connectivity index (χ2n) is 6.04. The van der Waals surface area contributed by atoms with Crippen molar-refractivity contribution in [2.24, 2.45) is 5.92 Å². The highest BCUT2D eigenvalue weighted by molar-refractivity contribution is 5.72. The molecule has 0 heterocycles. The summed E-state index contributed by atoms with van der Waals surface area (Å²) >= 11 is 0. The van der Waals surface area contributed by atoms with Crippen molar-refractivity contribution in [1.82, 2.24) is 10.6 Å². The van der Waals surface area contributed by atoms with Crippen LogP contribution < -0.4 is 10.6 Å². The fraction of sp³-hybridized carbons (Fsp3) is 0.733. The van der Waals surface area contributed by atoms with Crippen LogP contribution in [0.5, 0.6) is 0 Å². The number of nitrogens with one attached hydrogen (secondary N) is 2. The lowest BCUT2D eigenvalue weighted by Crippen LogP contribution is -2.46. The monoisotopic (exact) mass is 300 g/mol. The van der Waals surface area contributed by atoms with E-state index in [0.29, 0.717) is 0 Å². The van der Waals surface area contributed by atoms with E-state index in [1.54, 1.807) is 0 Å². The summed E-state index contributed by atoms with van der Waals surface area (Å²) in [6.45, 7) is 11.3. The molecule has 0 saturated carbocycles. The van der Waals surface area contributed by atoms with Gasteiger partial charge in [0.05, 0.1) is 13.2 Å². The predicted molar refractivity (Wildman–Crippen MR) is 81.8 cm³/mol. The molecule has 0 aromatic heterocycles. The minimum absolute atomic E-state index is 0.0510. The second kappa shape index (κ2) is 8.54. The van der Waals surface area contributed by atoms with E-state index >= 15 is 0 Å². The summed E-state index contributed by atoms with van der Waals surface area (Å²) < 4.78 is 9.85. The Morgan fingerprint density at radius 2 is 1.81 bits per heavy atom. The minimum Gasteiger partial charge on any atom is -0.468 e. The summed E-state index contributed by atoms with van der Waals surface area (Å²) in [5.41, 5.74) is 0.197. The minimum atomic E-state index is -0.554. The molecule has 6 heteroatoms. The van der Waals surface area contributed by atoms with Crippen LogP contribution in [0.3, 0.4) is 0 Å². The third kappa shape index (κ3) is 8.22. The first kappa shape index (κ1) is 19.3. The van der Waals surface area contributed by atoms with Crippen LogP contribution in [0.25, 0.3) is 0 Å². The number of carbonyl (C=O) groups excluding carboxylic acids is 2. The van der Waals surface area contributed by atoms with Gasteiger partial charge in [-0.2, -0.15) is 0 Å². The zero-order valence-corrected chi connectivity index (χ0v) is 14.1. The maximum atomic E-state index is 11.9. The molecule has 122 valence electrons. The zero-order chi connectivity index (χ0) is 16.6. The van der Waals surface area contributed by atoms with E-state index in [-0.39, 0.29) is 24.5 Å². The Bertz CT molecular complexity index is 384. The highest BCUT2D eigenvalue weighted by Gasteiger charge is 2.24. The van der Waals surface area contributed by atoms with Crippen LogP contribution in [0, 0.1) is 5.92 Å². The normalized spacial score (nSPS) is 13.6. The lowest BCUT2D eigenvalue weighted by atomic mass is 10.0. The molecule has 0 saturated heterocycles. The van der Waals surface area contributed by atoms with E-state index in [0.717, 1.165) is 5.70 Å². The van der Waals surface area contributed by atoms with Gasteiger partial charge in [-0.1, -0.05) is 19.9 Å². The van der Waals surface area contributed by atoms with Gasteiger partial charge in [0.1, 0.15) is 12.1 Å². The molecule has 0 spiro atoms. The average molecular weight is 300 g/mol. The summed E-state index contributed by atoms with van der Waals surface area (Å²) in [6.07, 6.45) is 1.34. The smallest absolute Gasteiger partial charge is 0.408 e. The van der Waals surface area contributed by atoms with E-state index in [1.807, 2.05) is 47.6 Å². The second-order valence-corrected chi connectivity index (χ2v) is 6.04. The number of ether oxygens (including phenoxy) is 2. The Kier molecular flexibility index (Phi) is 7.84. The van der Waals surface area contributed by atoms with Crippen molar-refractivity contribution in [3.63, 3.8) is 0 Å². The molecule has 0 unspecified atom stereocenters. The number of alkyl carbamates (subject to hydrolysis) is 1. The average Bonchev–Trinajstić information content (AvgIpc) is 2.35. The summed E-state index contributed by atoms with van der Waals surface area (Å²) in [6, 6.07) is -0.269. The van der Waals surface area contributed by atoms with Crippen LogP contribution >= 0.6 is 0 Å². The van der Waals surface area contributed by atoms with Gasteiger partial charge in [-0.15, -0.1) is 0 Å². The van der Waals surface area contributed by atoms with Crippen molar-refractivity contribution in [2.75, 3.05) is 13.7 Å². The topological polar surface area (TPSA) is 76.7 Å². The molecule has 0 radical (unpaired) electrons. The fourth-order valence-corrected chi connectivity index (χ4v) is 1.68. The van der Waals surface area contributed by atoms with Gasteiger partial charge in [-0.3, -0.25) is 4.79 Å². The summed E-state index contributed by atoms with van der Waals surface area (Å²) in [7, 11) is 1.33. The van der Waals surface area contributed by atoms with Gasteiger partial charge in [0, 0.05) is 5.70 Å². The molecule has 0 aliphatic rings. The molecule has 1 atom stereocenters. The van der Waals surface area contributed by atoms with E-state index in [1.165, 1.54) is 7.11 Å². The van der Waals surface area contributed by atoms with Crippen molar-refractivity contribution in [2.45, 2.75) is 53.2 Å². The highest BCUT2D eigenvalue weighted by Crippen LogP contribution is 2.12. The van der Waals surface area contributed by atoms with Gasteiger partial charge in [0.2, 0.25) is 0 Å². The Labute approximate surface area is 127 Å². The van der Waals surface area contributed by atoms with Crippen LogP contribution in [-0.4, -0.2) is 37.4 Å². The first-order valence-electron chi connectivity index (χ1n) is 7.07. The van der Waals surface area contributed by atoms with Gasteiger partial charge in [0.15, 0.2) is 0 Å². The summed E-state index contributed by atoms with van der Waals surface area (Å²) in [5.74, 6) is -0.233. The van der Waals surface area contributed by atoms with E-state index in [9.17, 15) is 9.59 Å². The van der Waals surface area contributed by atoms with Gasteiger partial charge >= 0.3 is 12.1 Å². The quantitative estimate of drug-likeness (QED) is 0.735. The number of methoxy groups -OCH3 is 1. The van der Waals surface area contributed by atoms with Gasteiger partial charge in [0.25, 0.3) is 0 Å². The molecule has 21 heavy (non-hydrogen) atoms. The van der Waals surface area contributed by atoms with Crippen LogP contribution in [-0.2, 0) is 14.3 Å². The summed E-state index contributed by atoms with van der Waals surface area (Å²) in [5, 5.41) is 5.81. The largest absolute Gasteiger partial charge is 0.468 e. The molecular formula is C15H28N2O4. The number of rotatable bonds is 6. The molecule has 0 aliphatic heterocycles. The molecule has 0 rings (SSSR count). The maximum Gasteiger partial charge on any atom is 0.408 e. The molecule has 0 aromatic carbocycles. The number of hydrogen-bond acceptors (Lipinski definition) is 5. The maximum absolute atomic E-state index is 11.9. The lowest BCUT2D eigenvalue weighted by Gasteiger charge is -2.28. The van der Waals surface area contributed by atoms with Crippen LogP contribution in [0.2, 0.25) is 0 Å². The fourth-order valence-electron chi connectivity index (χ4n) is 1.68. The molecule has 0 aliphatic carbocycles. The summed E-state index contributed by atoms with van der Waals surface area (Å²) in [4.78, 5) is 23.1.